The summed E-state index contributed by atoms with van der Waals surface area (Å²) < 4.78 is 48.7. The first-order chi connectivity index (χ1) is 17.8. The molecule has 11 heteroatoms. The highest BCUT2D eigenvalue weighted by molar-refractivity contribution is 7.92. The van der Waals surface area contributed by atoms with Crippen LogP contribution >= 0.6 is 11.3 Å². The molecule has 37 heavy (non-hydrogen) atoms. The summed E-state index contributed by atoms with van der Waals surface area (Å²) in [5.74, 6) is -1.59. The maximum absolute atomic E-state index is 13.8. The second kappa shape index (κ2) is 9.91. The summed E-state index contributed by atoms with van der Waals surface area (Å²) in [6.07, 6.45) is 0.635. The number of anilines is 1. The molecule has 0 N–H and O–H groups in total. The molecule has 0 bridgehead atoms. The molecule has 2 heterocycles. The van der Waals surface area contributed by atoms with Crippen LogP contribution in [-0.4, -0.2) is 38.0 Å². The minimum atomic E-state index is -3.80. The number of hydrogen-bond acceptors (Lipinski definition) is 6. The van der Waals surface area contributed by atoms with E-state index in [9.17, 15) is 22.4 Å². The van der Waals surface area contributed by atoms with E-state index >= 15 is 0 Å². The van der Waals surface area contributed by atoms with E-state index in [1.54, 1.807) is 19.1 Å². The van der Waals surface area contributed by atoms with Crippen LogP contribution in [0.5, 0.6) is 0 Å². The number of ether oxygens (including phenoxy) is 1. The molecule has 1 aromatic heterocycles. The summed E-state index contributed by atoms with van der Waals surface area (Å²) in [6, 6.07) is 17.0. The highest BCUT2D eigenvalue weighted by Gasteiger charge is 2.30. The predicted molar refractivity (Wildman–Crippen MR) is 137 cm³/mol. The molecule has 0 aliphatic carbocycles. The lowest BCUT2D eigenvalue weighted by Crippen LogP contribution is -2.29. The normalized spacial score (nSPS) is 13.7. The van der Waals surface area contributed by atoms with Gasteiger partial charge in [-0.1, -0.05) is 29.5 Å². The molecule has 0 saturated heterocycles. The van der Waals surface area contributed by atoms with Crippen molar-refractivity contribution in [2.45, 2.75) is 24.8 Å². The van der Waals surface area contributed by atoms with Crippen LogP contribution in [0.3, 0.4) is 0 Å². The van der Waals surface area contributed by atoms with Gasteiger partial charge in [-0.05, 0) is 67.4 Å². The van der Waals surface area contributed by atoms with Gasteiger partial charge in [-0.25, -0.2) is 12.8 Å². The molecule has 190 valence electrons. The Hall–Kier alpha value is -3.83. The van der Waals surface area contributed by atoms with E-state index in [0.29, 0.717) is 28.9 Å². The monoisotopic (exact) mass is 539 g/mol. The minimum Gasteiger partial charge on any atom is -0.465 e. The van der Waals surface area contributed by atoms with Crippen molar-refractivity contribution in [3.63, 3.8) is 0 Å². The van der Waals surface area contributed by atoms with Crippen LogP contribution in [0.1, 0.15) is 22.8 Å². The molecule has 0 radical (unpaired) electrons. The van der Waals surface area contributed by atoms with Crippen LogP contribution in [0.2, 0.25) is 0 Å². The molecule has 3 aromatic carbocycles. The molecular formula is C26H22FN3O5S2. The molecule has 0 unspecified atom stereocenters. The van der Waals surface area contributed by atoms with Crippen molar-refractivity contribution in [1.29, 1.82) is 0 Å². The number of para-hydroxylation sites is 1. The Kier molecular flexibility index (Phi) is 6.65. The molecule has 5 rings (SSSR count). The molecule has 0 fully saturated rings. The zero-order valence-electron chi connectivity index (χ0n) is 19.8. The van der Waals surface area contributed by atoms with Crippen molar-refractivity contribution in [1.82, 2.24) is 4.57 Å². The number of thiazole rings is 1. The van der Waals surface area contributed by atoms with Crippen molar-refractivity contribution < 1.29 is 27.1 Å². The second-order valence-corrected chi connectivity index (χ2v) is 11.2. The summed E-state index contributed by atoms with van der Waals surface area (Å²) in [6.45, 7) is 2.04. The topological polar surface area (TPSA) is 98.0 Å². The fourth-order valence-corrected chi connectivity index (χ4v) is 6.78. The molecule has 0 atom stereocenters. The van der Waals surface area contributed by atoms with E-state index in [1.165, 1.54) is 51.3 Å². The summed E-state index contributed by atoms with van der Waals surface area (Å²) in [5.41, 5.74) is 2.34. The average Bonchev–Trinajstić information content (AvgIpc) is 3.46. The molecule has 1 amide bonds. The third-order valence-corrected chi connectivity index (χ3v) is 8.84. The van der Waals surface area contributed by atoms with Crippen molar-refractivity contribution in [2.24, 2.45) is 4.99 Å². The summed E-state index contributed by atoms with van der Waals surface area (Å²) in [5, 5.41) is 0. The number of carbonyl (C=O) groups is 2. The van der Waals surface area contributed by atoms with Crippen LogP contribution in [0.15, 0.2) is 76.6 Å². The van der Waals surface area contributed by atoms with Crippen LogP contribution in [0.25, 0.3) is 10.2 Å². The van der Waals surface area contributed by atoms with Crippen LogP contribution in [-0.2, 0) is 32.5 Å². The van der Waals surface area contributed by atoms with Gasteiger partial charge >= 0.3 is 5.97 Å². The zero-order chi connectivity index (χ0) is 26.2. The molecule has 4 aromatic rings. The molecular weight excluding hydrogens is 517 g/mol. The molecule has 1 aliphatic rings. The fourth-order valence-electron chi connectivity index (χ4n) is 4.23. The standard InChI is InChI=1S/C26H22FN3O5S2/c1-2-35-24(31)16-29-22-12-9-19(27)15-23(22)36-26(29)28-25(32)18-7-10-20(11-8-18)37(33,34)30-14-13-17-5-3-4-6-21(17)30/h3-12,15H,2,13-14,16H2,1H3. The van der Waals surface area contributed by atoms with Gasteiger partial charge in [-0.15, -0.1) is 0 Å². The average molecular weight is 540 g/mol. The van der Waals surface area contributed by atoms with Crippen molar-refractivity contribution in [3.8, 4) is 0 Å². The Morgan fingerprint density at radius 3 is 2.59 bits per heavy atom. The number of halogens is 1. The second-order valence-electron chi connectivity index (χ2n) is 8.29. The van der Waals surface area contributed by atoms with E-state index in [0.717, 1.165) is 16.9 Å². The Labute approximate surface area is 216 Å². The summed E-state index contributed by atoms with van der Waals surface area (Å²) in [4.78, 5) is 29.5. The lowest BCUT2D eigenvalue weighted by atomic mass is 10.2. The van der Waals surface area contributed by atoms with E-state index < -0.39 is 27.7 Å². The Morgan fingerprint density at radius 1 is 1.08 bits per heavy atom. The lowest BCUT2D eigenvalue weighted by Gasteiger charge is -2.19. The number of sulfonamides is 1. The largest absolute Gasteiger partial charge is 0.465 e. The van der Waals surface area contributed by atoms with Gasteiger partial charge in [0.25, 0.3) is 15.9 Å². The number of hydrogen-bond donors (Lipinski definition) is 0. The van der Waals surface area contributed by atoms with E-state index in [-0.39, 0.29) is 28.4 Å². The number of nitrogens with zero attached hydrogens (tertiary/aromatic N) is 3. The summed E-state index contributed by atoms with van der Waals surface area (Å²) in [7, 11) is -3.80. The first kappa shape index (κ1) is 24.8. The van der Waals surface area contributed by atoms with Crippen LogP contribution in [0, 0.1) is 5.82 Å². The SMILES string of the molecule is CCOC(=O)Cn1c(=NC(=O)c2ccc(S(=O)(=O)N3CCc4ccccc43)cc2)sc2cc(F)ccc21. The minimum absolute atomic E-state index is 0.0652. The lowest BCUT2D eigenvalue weighted by molar-refractivity contribution is -0.143. The first-order valence-electron chi connectivity index (χ1n) is 11.5. The third kappa shape index (κ3) is 4.79. The van der Waals surface area contributed by atoms with Gasteiger partial charge in [0.1, 0.15) is 12.4 Å². The van der Waals surface area contributed by atoms with Gasteiger partial charge in [-0.2, -0.15) is 4.99 Å². The quantitative estimate of drug-likeness (QED) is 0.346. The van der Waals surface area contributed by atoms with Crippen molar-refractivity contribution in [2.75, 3.05) is 17.5 Å². The van der Waals surface area contributed by atoms with Crippen LogP contribution < -0.4 is 9.11 Å². The molecule has 8 nitrogen and oxygen atoms in total. The van der Waals surface area contributed by atoms with E-state index in [2.05, 4.69) is 4.99 Å². The van der Waals surface area contributed by atoms with Gasteiger partial charge in [0.05, 0.1) is 27.4 Å². The molecule has 0 spiro atoms. The maximum Gasteiger partial charge on any atom is 0.326 e. The number of benzene rings is 3. The number of aromatic nitrogens is 1. The maximum atomic E-state index is 13.8. The molecule has 0 saturated carbocycles. The van der Waals surface area contributed by atoms with Crippen molar-refractivity contribution in [3.05, 3.63) is 88.5 Å². The summed E-state index contributed by atoms with van der Waals surface area (Å²) >= 11 is 1.06. The van der Waals surface area contributed by atoms with E-state index in [1.807, 2.05) is 12.1 Å². The van der Waals surface area contributed by atoms with Gasteiger partial charge in [0, 0.05) is 12.1 Å². The highest BCUT2D eigenvalue weighted by atomic mass is 32.2. The fraction of sp³-hybridized carbons (Fsp3) is 0.192. The number of esters is 1. The van der Waals surface area contributed by atoms with E-state index in [4.69, 9.17) is 4.74 Å². The Bertz CT molecular complexity index is 1690. The van der Waals surface area contributed by atoms with Crippen LogP contribution in [0.4, 0.5) is 10.1 Å². The smallest absolute Gasteiger partial charge is 0.326 e. The number of rotatable bonds is 6. The third-order valence-electron chi connectivity index (χ3n) is 5.97. The van der Waals surface area contributed by atoms with Gasteiger partial charge in [0.2, 0.25) is 0 Å². The molecule has 1 aliphatic heterocycles. The zero-order valence-corrected chi connectivity index (χ0v) is 21.4. The Morgan fingerprint density at radius 2 is 1.84 bits per heavy atom. The number of carbonyl (C=O) groups excluding carboxylic acids is 2. The highest BCUT2D eigenvalue weighted by Crippen LogP contribution is 2.32. The van der Waals surface area contributed by atoms with Gasteiger partial charge in [0.15, 0.2) is 4.80 Å². The van der Waals surface area contributed by atoms with Gasteiger partial charge < -0.3 is 9.30 Å². The number of fused-ring (bicyclic) bond motifs is 2. The Balaban J connectivity index is 1.46. The predicted octanol–water partition coefficient (Wildman–Crippen LogP) is 3.90. The van der Waals surface area contributed by atoms with Gasteiger partial charge in [-0.3, -0.25) is 13.9 Å². The van der Waals surface area contributed by atoms with Crippen molar-refractivity contribution >= 4 is 49.1 Å². The first-order valence-corrected chi connectivity index (χ1v) is 13.8. The number of amides is 1.